The first-order valence-corrected chi connectivity index (χ1v) is 10.6. The summed E-state index contributed by atoms with van der Waals surface area (Å²) < 4.78 is 5.20. The number of carbonyl (C=O) groups is 3. The van der Waals surface area contributed by atoms with E-state index in [9.17, 15) is 14.4 Å². The molecule has 5 rings (SSSR count). The molecule has 164 valence electrons. The zero-order valence-electron chi connectivity index (χ0n) is 17.7. The molecule has 0 saturated carbocycles. The lowest BCUT2D eigenvalue weighted by Gasteiger charge is -2.45. The molecule has 3 heterocycles. The fourth-order valence-corrected chi connectivity index (χ4v) is 4.58. The number of benzene rings is 2. The van der Waals surface area contributed by atoms with Gasteiger partial charge in [-0.3, -0.25) is 14.4 Å². The Hall–Kier alpha value is -3.81. The SMILES string of the molecule is COc1cccc(C(=O)N2CCN3C(=O)[C@H](Cc4c[nH]c5ccccc45)NC(=O)[C@H]3C2)c1. The predicted octanol–water partition coefficient (Wildman–Crippen LogP) is 1.57. The molecule has 2 saturated heterocycles. The van der Waals surface area contributed by atoms with Gasteiger partial charge in [-0.25, -0.2) is 0 Å². The Labute approximate surface area is 185 Å². The molecule has 2 fully saturated rings. The molecule has 2 N–H and O–H groups in total. The van der Waals surface area contributed by atoms with Crippen molar-refractivity contribution in [2.24, 2.45) is 0 Å². The molecule has 0 radical (unpaired) electrons. The number of nitrogens with zero attached hydrogens (tertiary/aromatic N) is 2. The van der Waals surface area contributed by atoms with Crippen LogP contribution in [0.4, 0.5) is 0 Å². The molecule has 8 nitrogen and oxygen atoms in total. The Balaban J connectivity index is 1.30. The first-order valence-electron chi connectivity index (χ1n) is 10.6. The monoisotopic (exact) mass is 432 g/mol. The van der Waals surface area contributed by atoms with Gasteiger partial charge in [0.15, 0.2) is 0 Å². The maximum Gasteiger partial charge on any atom is 0.254 e. The van der Waals surface area contributed by atoms with Crippen molar-refractivity contribution in [3.63, 3.8) is 0 Å². The topological polar surface area (TPSA) is 94.7 Å². The Morgan fingerprint density at radius 2 is 1.97 bits per heavy atom. The van der Waals surface area contributed by atoms with Crippen LogP contribution in [-0.4, -0.2) is 71.3 Å². The van der Waals surface area contributed by atoms with Crippen LogP contribution in [0.15, 0.2) is 54.7 Å². The van der Waals surface area contributed by atoms with Gasteiger partial charge in [-0.05, 0) is 29.8 Å². The number of aromatic amines is 1. The molecule has 2 aromatic carbocycles. The fourth-order valence-electron chi connectivity index (χ4n) is 4.58. The summed E-state index contributed by atoms with van der Waals surface area (Å²) in [5, 5.41) is 3.93. The maximum absolute atomic E-state index is 13.2. The standard InChI is InChI=1S/C24H24N4O4/c1-32-17-6-4-5-15(11-17)23(30)27-9-10-28-21(14-27)22(29)26-20(24(28)31)12-16-13-25-19-8-3-2-7-18(16)19/h2-8,11,13,20-21,25H,9-10,12,14H2,1H3,(H,26,29)/t20-,21+/m0/s1. The number of para-hydroxylation sites is 1. The summed E-state index contributed by atoms with van der Waals surface area (Å²) in [4.78, 5) is 45.5. The lowest BCUT2D eigenvalue weighted by molar-refractivity contribution is -0.152. The average Bonchev–Trinajstić information content (AvgIpc) is 3.24. The van der Waals surface area contributed by atoms with Gasteiger partial charge in [0, 0.05) is 42.2 Å². The molecular formula is C24H24N4O4. The molecule has 1 aromatic heterocycles. The maximum atomic E-state index is 13.2. The molecule has 0 spiro atoms. The highest BCUT2D eigenvalue weighted by Crippen LogP contribution is 2.24. The summed E-state index contributed by atoms with van der Waals surface area (Å²) in [6, 6.07) is 13.5. The number of nitrogens with one attached hydrogen (secondary N) is 2. The minimum Gasteiger partial charge on any atom is -0.497 e. The van der Waals surface area contributed by atoms with Gasteiger partial charge in [-0.1, -0.05) is 24.3 Å². The Kier molecular flexibility index (Phi) is 5.05. The summed E-state index contributed by atoms with van der Waals surface area (Å²) in [6.45, 7) is 0.885. The van der Waals surface area contributed by atoms with Crippen LogP contribution in [0.25, 0.3) is 10.9 Å². The third kappa shape index (κ3) is 3.47. The predicted molar refractivity (Wildman–Crippen MR) is 118 cm³/mol. The first-order chi connectivity index (χ1) is 15.5. The van der Waals surface area contributed by atoms with Crippen LogP contribution in [0.3, 0.4) is 0 Å². The Morgan fingerprint density at radius 3 is 2.81 bits per heavy atom. The molecule has 2 aliphatic heterocycles. The van der Waals surface area contributed by atoms with Crippen molar-refractivity contribution in [2.45, 2.75) is 18.5 Å². The van der Waals surface area contributed by atoms with Crippen LogP contribution in [0, 0.1) is 0 Å². The third-order valence-electron chi connectivity index (χ3n) is 6.28. The number of carbonyl (C=O) groups excluding carboxylic acids is 3. The van der Waals surface area contributed by atoms with Crippen LogP contribution < -0.4 is 10.1 Å². The molecule has 2 aliphatic rings. The number of hydrogen-bond acceptors (Lipinski definition) is 4. The van der Waals surface area contributed by atoms with Gasteiger partial charge in [-0.2, -0.15) is 0 Å². The molecule has 0 aliphatic carbocycles. The van der Waals surface area contributed by atoms with Gasteiger partial charge in [0.2, 0.25) is 11.8 Å². The van der Waals surface area contributed by atoms with Crippen molar-refractivity contribution in [1.29, 1.82) is 0 Å². The van der Waals surface area contributed by atoms with E-state index in [-0.39, 0.29) is 24.3 Å². The van der Waals surface area contributed by atoms with Crippen LogP contribution in [0.2, 0.25) is 0 Å². The minimum absolute atomic E-state index is 0.103. The van der Waals surface area contributed by atoms with E-state index in [0.717, 1.165) is 16.5 Å². The molecule has 8 heteroatoms. The van der Waals surface area contributed by atoms with Crippen molar-refractivity contribution in [2.75, 3.05) is 26.7 Å². The number of ether oxygens (including phenoxy) is 1. The second-order valence-electron chi connectivity index (χ2n) is 8.16. The summed E-state index contributed by atoms with van der Waals surface area (Å²) >= 11 is 0. The van der Waals surface area contributed by atoms with E-state index < -0.39 is 12.1 Å². The number of piperazine rings is 2. The third-order valence-corrected chi connectivity index (χ3v) is 6.28. The van der Waals surface area contributed by atoms with Crippen LogP contribution in [0.5, 0.6) is 5.75 Å². The summed E-state index contributed by atoms with van der Waals surface area (Å²) in [5.74, 6) is 0.0934. The fraction of sp³-hybridized carbons (Fsp3) is 0.292. The van der Waals surface area contributed by atoms with E-state index in [1.807, 2.05) is 30.5 Å². The van der Waals surface area contributed by atoms with Crippen LogP contribution in [-0.2, 0) is 16.0 Å². The number of H-pyrrole nitrogens is 1. The van der Waals surface area contributed by atoms with Crippen molar-refractivity contribution in [1.82, 2.24) is 20.1 Å². The molecule has 3 aromatic rings. The highest BCUT2D eigenvalue weighted by molar-refractivity contribution is 5.99. The van der Waals surface area contributed by atoms with E-state index in [1.165, 1.54) is 0 Å². The highest BCUT2D eigenvalue weighted by Gasteiger charge is 2.44. The highest BCUT2D eigenvalue weighted by atomic mass is 16.5. The van der Waals surface area contributed by atoms with Gasteiger partial charge in [0.1, 0.15) is 17.8 Å². The van der Waals surface area contributed by atoms with Gasteiger partial charge < -0.3 is 24.8 Å². The van der Waals surface area contributed by atoms with E-state index in [4.69, 9.17) is 4.74 Å². The smallest absolute Gasteiger partial charge is 0.254 e. The number of hydrogen-bond donors (Lipinski definition) is 2. The molecule has 0 bridgehead atoms. The van der Waals surface area contributed by atoms with E-state index >= 15 is 0 Å². The Morgan fingerprint density at radius 1 is 1.12 bits per heavy atom. The largest absolute Gasteiger partial charge is 0.497 e. The van der Waals surface area contributed by atoms with E-state index in [0.29, 0.717) is 30.8 Å². The van der Waals surface area contributed by atoms with E-state index in [2.05, 4.69) is 10.3 Å². The van der Waals surface area contributed by atoms with Gasteiger partial charge >= 0.3 is 0 Å². The number of rotatable bonds is 4. The number of aromatic nitrogens is 1. The average molecular weight is 432 g/mol. The van der Waals surface area contributed by atoms with Gasteiger partial charge in [0.25, 0.3) is 5.91 Å². The quantitative estimate of drug-likeness (QED) is 0.654. The van der Waals surface area contributed by atoms with E-state index in [1.54, 1.807) is 41.2 Å². The lowest BCUT2D eigenvalue weighted by atomic mass is 9.98. The molecule has 0 unspecified atom stereocenters. The molecule has 2 atom stereocenters. The Bertz CT molecular complexity index is 1200. The summed E-state index contributed by atoms with van der Waals surface area (Å²) in [6.07, 6.45) is 2.31. The van der Waals surface area contributed by atoms with Crippen molar-refractivity contribution in [3.8, 4) is 5.75 Å². The molecule has 3 amide bonds. The van der Waals surface area contributed by atoms with Gasteiger partial charge in [-0.15, -0.1) is 0 Å². The van der Waals surface area contributed by atoms with Crippen LogP contribution in [0.1, 0.15) is 15.9 Å². The minimum atomic E-state index is -0.676. The lowest BCUT2D eigenvalue weighted by Crippen LogP contribution is -2.70. The first kappa shape index (κ1) is 20.1. The number of methoxy groups -OCH3 is 1. The molecular weight excluding hydrogens is 408 g/mol. The summed E-state index contributed by atoms with van der Waals surface area (Å²) in [5.41, 5.74) is 2.49. The number of amides is 3. The zero-order chi connectivity index (χ0) is 22.2. The van der Waals surface area contributed by atoms with Crippen molar-refractivity contribution < 1.29 is 19.1 Å². The van der Waals surface area contributed by atoms with Crippen molar-refractivity contribution >= 4 is 28.6 Å². The van der Waals surface area contributed by atoms with Crippen LogP contribution >= 0.6 is 0 Å². The molecule has 32 heavy (non-hydrogen) atoms. The number of fused-ring (bicyclic) bond motifs is 2. The van der Waals surface area contributed by atoms with Crippen molar-refractivity contribution in [3.05, 3.63) is 65.9 Å². The normalized spacial score (nSPS) is 20.8. The second kappa shape index (κ2) is 8.03. The second-order valence-corrected chi connectivity index (χ2v) is 8.16. The zero-order valence-corrected chi connectivity index (χ0v) is 17.7. The summed E-state index contributed by atoms with van der Waals surface area (Å²) in [7, 11) is 1.55. The van der Waals surface area contributed by atoms with Gasteiger partial charge in [0.05, 0.1) is 13.7 Å².